The van der Waals surface area contributed by atoms with Gasteiger partial charge < -0.3 is 5.11 Å². The summed E-state index contributed by atoms with van der Waals surface area (Å²) in [6.45, 7) is 1.47. The summed E-state index contributed by atoms with van der Waals surface area (Å²) in [6, 6.07) is -0.302. The van der Waals surface area contributed by atoms with Gasteiger partial charge in [-0.25, -0.2) is 0 Å². The van der Waals surface area contributed by atoms with Gasteiger partial charge in [-0.1, -0.05) is 12.8 Å². The van der Waals surface area contributed by atoms with Gasteiger partial charge in [0.15, 0.2) is 0 Å². The highest BCUT2D eigenvalue weighted by molar-refractivity contribution is 6.05. The number of nitrogens with one attached hydrogen (secondary N) is 1. The molecule has 2 saturated heterocycles. The quantitative estimate of drug-likeness (QED) is 0.646. The Labute approximate surface area is 107 Å². The summed E-state index contributed by atoms with van der Waals surface area (Å²) in [5.41, 5.74) is -0.520. The number of imide groups is 1. The predicted octanol–water partition coefficient (Wildman–Crippen LogP) is 0.0285. The van der Waals surface area contributed by atoms with Crippen LogP contribution in [0.15, 0.2) is 0 Å². The molecule has 0 aromatic carbocycles. The van der Waals surface area contributed by atoms with Gasteiger partial charge in [0, 0.05) is 19.0 Å². The fourth-order valence-electron chi connectivity index (χ4n) is 3.71. The number of piperidine rings is 1. The number of nitrogens with zero attached hydrogens (tertiary/aromatic N) is 1. The maximum Gasteiger partial charge on any atom is 0.244 e. The zero-order chi connectivity index (χ0) is 12.8. The van der Waals surface area contributed by atoms with Gasteiger partial charge in [-0.15, -0.1) is 0 Å². The highest BCUT2D eigenvalue weighted by atomic mass is 16.3. The Hall–Kier alpha value is -0.940. The van der Waals surface area contributed by atoms with Crippen molar-refractivity contribution in [2.45, 2.75) is 50.2 Å². The number of carbonyl (C=O) groups is 2. The first kappa shape index (κ1) is 12.1. The molecule has 0 spiro atoms. The molecule has 2 heterocycles. The highest BCUT2D eigenvalue weighted by Crippen LogP contribution is 2.40. The topological polar surface area (TPSA) is 69.6 Å². The lowest BCUT2D eigenvalue weighted by Crippen LogP contribution is -2.56. The minimum atomic E-state index is -0.520. The van der Waals surface area contributed by atoms with E-state index in [0.29, 0.717) is 0 Å². The Morgan fingerprint density at radius 2 is 2.11 bits per heavy atom. The molecule has 0 aromatic rings. The van der Waals surface area contributed by atoms with Gasteiger partial charge in [0.2, 0.25) is 11.8 Å². The third-order valence-corrected chi connectivity index (χ3v) is 4.84. The molecule has 2 aliphatic heterocycles. The number of carbonyl (C=O) groups excluding carboxylic acids is 2. The Balaban J connectivity index is 1.70. The first-order valence-electron chi connectivity index (χ1n) is 6.89. The van der Waals surface area contributed by atoms with Crippen molar-refractivity contribution in [3.63, 3.8) is 0 Å². The van der Waals surface area contributed by atoms with E-state index < -0.39 is 5.60 Å². The zero-order valence-electron chi connectivity index (χ0n) is 10.5. The summed E-state index contributed by atoms with van der Waals surface area (Å²) in [5, 5.41) is 12.9. The molecule has 100 valence electrons. The van der Waals surface area contributed by atoms with Crippen LogP contribution in [-0.4, -0.2) is 46.6 Å². The molecular formula is C13H20N2O3. The first-order valence-corrected chi connectivity index (χ1v) is 6.89. The normalized spacial score (nSPS) is 41.6. The lowest BCUT2D eigenvalue weighted by molar-refractivity contribution is -0.131. The first-order chi connectivity index (χ1) is 8.58. The van der Waals surface area contributed by atoms with Gasteiger partial charge in [0.1, 0.15) is 0 Å². The fraction of sp³-hybridized carbons (Fsp3) is 0.846. The molecule has 2 N–H and O–H groups in total. The van der Waals surface area contributed by atoms with E-state index >= 15 is 0 Å². The molecule has 3 atom stereocenters. The summed E-state index contributed by atoms with van der Waals surface area (Å²) in [6.07, 6.45) is 5.21. The standard InChI is InChI=1S/C13H20N2O3/c16-11-7-10(12(17)14-11)15-6-5-13(18)4-2-1-3-9(13)8-15/h9-10,18H,1-8H2,(H,14,16,17). The number of aliphatic hydroxyl groups is 1. The number of hydrogen-bond donors (Lipinski definition) is 2. The highest BCUT2D eigenvalue weighted by Gasteiger charge is 2.46. The van der Waals surface area contributed by atoms with Crippen molar-refractivity contribution in [2.75, 3.05) is 13.1 Å². The second kappa shape index (κ2) is 4.31. The largest absolute Gasteiger partial charge is 0.390 e. The smallest absolute Gasteiger partial charge is 0.244 e. The Morgan fingerprint density at radius 1 is 1.28 bits per heavy atom. The lowest BCUT2D eigenvalue weighted by atomic mass is 9.71. The van der Waals surface area contributed by atoms with Crippen LogP contribution in [0.2, 0.25) is 0 Å². The van der Waals surface area contributed by atoms with Crippen molar-refractivity contribution in [1.29, 1.82) is 0 Å². The average molecular weight is 252 g/mol. The Morgan fingerprint density at radius 3 is 2.83 bits per heavy atom. The molecule has 3 rings (SSSR count). The van der Waals surface area contributed by atoms with E-state index in [4.69, 9.17) is 0 Å². The van der Waals surface area contributed by atoms with Gasteiger partial charge in [-0.2, -0.15) is 0 Å². The van der Waals surface area contributed by atoms with Crippen LogP contribution in [0.4, 0.5) is 0 Å². The molecule has 5 heteroatoms. The SMILES string of the molecule is O=C1CC(N2CCC3(O)CCCCC3C2)C(=O)N1. The van der Waals surface area contributed by atoms with Crippen molar-refractivity contribution >= 4 is 11.8 Å². The third kappa shape index (κ3) is 1.95. The average Bonchev–Trinajstić information content (AvgIpc) is 2.67. The van der Waals surface area contributed by atoms with E-state index in [1.165, 1.54) is 0 Å². The molecule has 5 nitrogen and oxygen atoms in total. The molecule has 3 aliphatic rings. The molecule has 1 saturated carbocycles. The summed E-state index contributed by atoms with van der Waals surface area (Å²) >= 11 is 0. The Kier molecular flexibility index (Phi) is 2.90. The second-order valence-electron chi connectivity index (χ2n) is 5.92. The molecule has 0 bridgehead atoms. The second-order valence-corrected chi connectivity index (χ2v) is 5.92. The van der Waals surface area contributed by atoms with E-state index in [2.05, 4.69) is 10.2 Å². The van der Waals surface area contributed by atoms with Crippen LogP contribution in [0, 0.1) is 5.92 Å². The van der Waals surface area contributed by atoms with Crippen LogP contribution < -0.4 is 5.32 Å². The van der Waals surface area contributed by atoms with Crippen molar-refractivity contribution in [1.82, 2.24) is 10.2 Å². The molecule has 0 aromatic heterocycles. The molecule has 1 aliphatic carbocycles. The van der Waals surface area contributed by atoms with Gasteiger partial charge in [0.25, 0.3) is 0 Å². The Bertz CT molecular complexity index is 384. The van der Waals surface area contributed by atoms with Crippen LogP contribution in [0.1, 0.15) is 38.5 Å². The van der Waals surface area contributed by atoms with Crippen LogP contribution in [0.3, 0.4) is 0 Å². The van der Waals surface area contributed by atoms with Crippen molar-refractivity contribution in [3.8, 4) is 0 Å². The van der Waals surface area contributed by atoms with E-state index in [1.807, 2.05) is 0 Å². The number of fused-ring (bicyclic) bond motifs is 1. The van der Waals surface area contributed by atoms with Gasteiger partial charge >= 0.3 is 0 Å². The van der Waals surface area contributed by atoms with Crippen LogP contribution in [-0.2, 0) is 9.59 Å². The summed E-state index contributed by atoms with van der Waals surface area (Å²) in [4.78, 5) is 25.0. The maximum atomic E-state index is 11.7. The van der Waals surface area contributed by atoms with Crippen LogP contribution in [0.25, 0.3) is 0 Å². The molecule has 18 heavy (non-hydrogen) atoms. The predicted molar refractivity (Wildman–Crippen MR) is 64.7 cm³/mol. The molecule has 2 amide bonds. The number of amides is 2. The van der Waals surface area contributed by atoms with E-state index in [9.17, 15) is 14.7 Å². The third-order valence-electron chi connectivity index (χ3n) is 4.84. The van der Waals surface area contributed by atoms with Crippen molar-refractivity contribution in [2.24, 2.45) is 5.92 Å². The lowest BCUT2D eigenvalue weighted by Gasteiger charge is -2.48. The minimum Gasteiger partial charge on any atom is -0.390 e. The molecule has 0 radical (unpaired) electrons. The number of hydrogen-bond acceptors (Lipinski definition) is 4. The van der Waals surface area contributed by atoms with Crippen LogP contribution >= 0.6 is 0 Å². The minimum absolute atomic E-state index is 0.166. The van der Waals surface area contributed by atoms with Gasteiger partial charge in [-0.05, 0) is 19.3 Å². The summed E-state index contributed by atoms with van der Waals surface area (Å²) < 4.78 is 0. The van der Waals surface area contributed by atoms with Gasteiger partial charge in [-0.3, -0.25) is 19.8 Å². The molecule has 3 fully saturated rings. The monoisotopic (exact) mass is 252 g/mol. The van der Waals surface area contributed by atoms with E-state index in [-0.39, 0.29) is 30.2 Å². The summed E-state index contributed by atoms with van der Waals surface area (Å²) in [7, 11) is 0. The van der Waals surface area contributed by atoms with Crippen LogP contribution in [0.5, 0.6) is 0 Å². The number of rotatable bonds is 1. The van der Waals surface area contributed by atoms with E-state index in [1.54, 1.807) is 0 Å². The fourth-order valence-corrected chi connectivity index (χ4v) is 3.71. The number of likely N-dealkylation sites (tertiary alicyclic amines) is 1. The maximum absolute atomic E-state index is 11.7. The van der Waals surface area contributed by atoms with Crippen molar-refractivity contribution < 1.29 is 14.7 Å². The molecular weight excluding hydrogens is 232 g/mol. The summed E-state index contributed by atoms with van der Waals surface area (Å²) in [5.74, 6) is -0.0702. The van der Waals surface area contributed by atoms with E-state index in [0.717, 1.165) is 45.2 Å². The molecule has 3 unspecified atom stereocenters. The van der Waals surface area contributed by atoms with Gasteiger partial charge in [0.05, 0.1) is 18.1 Å². The zero-order valence-corrected chi connectivity index (χ0v) is 10.5. The van der Waals surface area contributed by atoms with Crippen molar-refractivity contribution in [3.05, 3.63) is 0 Å².